The minimum absolute atomic E-state index is 0.288. The molecule has 1 aromatic carbocycles. The normalized spacial score (nSPS) is 16.0. The summed E-state index contributed by atoms with van der Waals surface area (Å²) in [6.07, 6.45) is 2.99. The van der Waals surface area contributed by atoms with E-state index in [0.717, 1.165) is 37.7 Å². The van der Waals surface area contributed by atoms with Gasteiger partial charge < -0.3 is 24.2 Å². The predicted molar refractivity (Wildman–Crippen MR) is 106 cm³/mol. The molecular weight excluding hydrogens is 360 g/mol. The molecule has 8 nitrogen and oxygen atoms in total. The fourth-order valence-corrected chi connectivity index (χ4v) is 3.22. The molecule has 1 N–H and O–H groups in total. The van der Waals surface area contributed by atoms with E-state index in [1.807, 2.05) is 24.3 Å². The van der Waals surface area contributed by atoms with Gasteiger partial charge in [-0.1, -0.05) is 6.07 Å². The molecule has 0 aliphatic carbocycles. The lowest BCUT2D eigenvalue weighted by atomic mass is 10.2. The standard InChI is InChI=1S/C20H28N4O4/c1-26-18-5-4-16(12-19(18)27-2)14-28-15-17(25)13-23-8-10-24(11-9-23)20-21-6-3-7-22-20/h3-7,12,17,25H,8-11,13-15H2,1-2H3/t17-/m0/s1. The summed E-state index contributed by atoms with van der Waals surface area (Å²) < 4.78 is 16.2. The van der Waals surface area contributed by atoms with Crippen molar-refractivity contribution in [3.05, 3.63) is 42.2 Å². The Morgan fingerprint density at radius 1 is 1.04 bits per heavy atom. The van der Waals surface area contributed by atoms with E-state index in [4.69, 9.17) is 14.2 Å². The van der Waals surface area contributed by atoms with Gasteiger partial charge in [0.05, 0.1) is 33.5 Å². The van der Waals surface area contributed by atoms with Crippen molar-refractivity contribution in [3.8, 4) is 11.5 Å². The number of rotatable bonds is 9. The quantitative estimate of drug-likeness (QED) is 0.686. The summed E-state index contributed by atoms with van der Waals surface area (Å²) in [5.41, 5.74) is 0.973. The van der Waals surface area contributed by atoms with Crippen LogP contribution in [-0.4, -0.2) is 79.6 Å². The average Bonchev–Trinajstić information content (AvgIpc) is 2.74. The number of aliphatic hydroxyl groups excluding tert-OH is 1. The van der Waals surface area contributed by atoms with Gasteiger partial charge in [0.2, 0.25) is 5.95 Å². The smallest absolute Gasteiger partial charge is 0.225 e. The molecule has 1 aliphatic heterocycles. The van der Waals surface area contributed by atoms with Crippen LogP contribution in [0.1, 0.15) is 5.56 Å². The van der Waals surface area contributed by atoms with Gasteiger partial charge >= 0.3 is 0 Å². The van der Waals surface area contributed by atoms with Crippen LogP contribution in [-0.2, 0) is 11.3 Å². The number of benzene rings is 1. The van der Waals surface area contributed by atoms with Crippen LogP contribution in [0.25, 0.3) is 0 Å². The van der Waals surface area contributed by atoms with Crippen molar-refractivity contribution in [3.63, 3.8) is 0 Å². The van der Waals surface area contributed by atoms with Gasteiger partial charge in [-0.05, 0) is 23.8 Å². The van der Waals surface area contributed by atoms with E-state index < -0.39 is 6.10 Å². The Hall–Kier alpha value is -2.42. The second kappa shape index (κ2) is 10.2. The molecule has 0 saturated carbocycles. The van der Waals surface area contributed by atoms with Crippen molar-refractivity contribution in [1.29, 1.82) is 0 Å². The van der Waals surface area contributed by atoms with Crippen LogP contribution in [0.15, 0.2) is 36.7 Å². The van der Waals surface area contributed by atoms with Crippen molar-refractivity contribution >= 4 is 5.95 Å². The van der Waals surface area contributed by atoms with Crippen molar-refractivity contribution < 1.29 is 19.3 Å². The zero-order valence-electron chi connectivity index (χ0n) is 16.5. The van der Waals surface area contributed by atoms with Crippen LogP contribution < -0.4 is 14.4 Å². The lowest BCUT2D eigenvalue weighted by molar-refractivity contribution is 0.00905. The van der Waals surface area contributed by atoms with E-state index in [-0.39, 0.29) is 6.61 Å². The molecule has 2 aromatic rings. The van der Waals surface area contributed by atoms with E-state index in [2.05, 4.69) is 19.8 Å². The number of piperazine rings is 1. The van der Waals surface area contributed by atoms with Crippen LogP contribution in [0, 0.1) is 0 Å². The molecule has 0 bridgehead atoms. The first-order valence-electron chi connectivity index (χ1n) is 9.40. The van der Waals surface area contributed by atoms with Crippen LogP contribution in [0.3, 0.4) is 0 Å². The number of methoxy groups -OCH3 is 2. The summed E-state index contributed by atoms with van der Waals surface area (Å²) in [6.45, 7) is 4.73. The molecular formula is C20H28N4O4. The van der Waals surface area contributed by atoms with Gasteiger partial charge in [-0.2, -0.15) is 0 Å². The lowest BCUT2D eigenvalue weighted by Gasteiger charge is -2.35. The number of aromatic nitrogens is 2. The van der Waals surface area contributed by atoms with Gasteiger partial charge in [0.25, 0.3) is 0 Å². The Bertz CT molecular complexity index is 723. The van der Waals surface area contributed by atoms with Gasteiger partial charge in [-0.3, -0.25) is 4.90 Å². The third-order valence-corrected chi connectivity index (χ3v) is 4.70. The van der Waals surface area contributed by atoms with Crippen LogP contribution in [0.2, 0.25) is 0 Å². The fourth-order valence-electron chi connectivity index (χ4n) is 3.22. The lowest BCUT2D eigenvalue weighted by Crippen LogP contribution is -2.49. The molecule has 1 saturated heterocycles. The zero-order valence-corrected chi connectivity index (χ0v) is 16.5. The molecule has 1 aliphatic rings. The highest BCUT2D eigenvalue weighted by molar-refractivity contribution is 5.42. The Morgan fingerprint density at radius 3 is 2.43 bits per heavy atom. The highest BCUT2D eigenvalue weighted by Gasteiger charge is 2.20. The number of hydrogen-bond donors (Lipinski definition) is 1. The first-order chi connectivity index (χ1) is 13.7. The second-order valence-corrected chi connectivity index (χ2v) is 6.69. The number of ether oxygens (including phenoxy) is 3. The monoisotopic (exact) mass is 388 g/mol. The number of aliphatic hydroxyl groups is 1. The molecule has 28 heavy (non-hydrogen) atoms. The van der Waals surface area contributed by atoms with Crippen LogP contribution in [0.5, 0.6) is 11.5 Å². The molecule has 1 atom stereocenters. The Labute approximate surface area is 165 Å². The molecule has 1 fully saturated rings. The van der Waals surface area contributed by atoms with Crippen molar-refractivity contribution in [2.24, 2.45) is 0 Å². The highest BCUT2D eigenvalue weighted by atomic mass is 16.5. The fraction of sp³-hybridized carbons (Fsp3) is 0.500. The van der Waals surface area contributed by atoms with E-state index in [1.165, 1.54) is 0 Å². The Morgan fingerprint density at radius 2 is 1.75 bits per heavy atom. The maximum atomic E-state index is 10.3. The van der Waals surface area contributed by atoms with Gasteiger partial charge in [0.15, 0.2) is 11.5 Å². The van der Waals surface area contributed by atoms with Crippen molar-refractivity contribution in [1.82, 2.24) is 14.9 Å². The second-order valence-electron chi connectivity index (χ2n) is 6.69. The minimum atomic E-state index is -0.528. The van der Waals surface area contributed by atoms with E-state index >= 15 is 0 Å². The van der Waals surface area contributed by atoms with E-state index in [0.29, 0.717) is 24.7 Å². The summed E-state index contributed by atoms with van der Waals surface area (Å²) in [6, 6.07) is 7.48. The van der Waals surface area contributed by atoms with Gasteiger partial charge in [-0.25, -0.2) is 9.97 Å². The maximum Gasteiger partial charge on any atom is 0.225 e. The molecule has 0 amide bonds. The summed E-state index contributed by atoms with van der Waals surface area (Å²) in [7, 11) is 3.22. The van der Waals surface area contributed by atoms with E-state index in [9.17, 15) is 5.11 Å². The number of nitrogens with zero attached hydrogens (tertiary/aromatic N) is 4. The van der Waals surface area contributed by atoms with Gasteiger partial charge in [0, 0.05) is 45.1 Å². The molecule has 0 unspecified atom stereocenters. The minimum Gasteiger partial charge on any atom is -0.493 e. The largest absolute Gasteiger partial charge is 0.493 e. The third kappa shape index (κ3) is 5.54. The highest BCUT2D eigenvalue weighted by Crippen LogP contribution is 2.27. The van der Waals surface area contributed by atoms with E-state index in [1.54, 1.807) is 26.6 Å². The molecule has 152 valence electrons. The summed E-state index contributed by atoms with van der Waals surface area (Å²) >= 11 is 0. The zero-order chi connectivity index (χ0) is 19.8. The predicted octanol–water partition coefficient (Wildman–Crippen LogP) is 1.19. The van der Waals surface area contributed by atoms with Gasteiger partial charge in [0.1, 0.15) is 0 Å². The summed E-state index contributed by atoms with van der Waals surface area (Å²) in [4.78, 5) is 13.0. The topological polar surface area (TPSA) is 80.2 Å². The first kappa shape index (κ1) is 20.3. The SMILES string of the molecule is COc1ccc(COC[C@@H](O)CN2CCN(c3ncccn3)CC2)cc1OC. The Balaban J connectivity index is 1.38. The van der Waals surface area contributed by atoms with Gasteiger partial charge in [-0.15, -0.1) is 0 Å². The Kier molecular flexibility index (Phi) is 7.41. The molecule has 0 radical (unpaired) electrons. The number of β-amino-alcohol motifs (C(OH)–C–C–N with tert-alkyl or cyclic N) is 1. The van der Waals surface area contributed by atoms with Crippen LogP contribution >= 0.6 is 0 Å². The number of anilines is 1. The molecule has 1 aromatic heterocycles. The van der Waals surface area contributed by atoms with Crippen LogP contribution in [0.4, 0.5) is 5.95 Å². The maximum absolute atomic E-state index is 10.3. The molecule has 8 heteroatoms. The first-order valence-corrected chi connectivity index (χ1v) is 9.40. The molecule has 0 spiro atoms. The summed E-state index contributed by atoms with van der Waals surface area (Å²) in [5, 5.41) is 10.3. The van der Waals surface area contributed by atoms with Crippen molar-refractivity contribution in [2.75, 3.05) is 58.5 Å². The summed E-state index contributed by atoms with van der Waals surface area (Å²) in [5.74, 6) is 2.12. The third-order valence-electron chi connectivity index (χ3n) is 4.70. The molecule has 3 rings (SSSR count). The number of hydrogen-bond acceptors (Lipinski definition) is 8. The van der Waals surface area contributed by atoms with Crippen molar-refractivity contribution in [2.45, 2.75) is 12.7 Å². The molecule has 2 heterocycles. The average molecular weight is 388 g/mol.